The zero-order chi connectivity index (χ0) is 11.7. The van der Waals surface area contributed by atoms with Crippen LogP contribution in [-0.4, -0.2) is 9.97 Å². The molecule has 2 rings (SSSR count). The number of aromatic nitrogens is 2. The van der Waals surface area contributed by atoms with Crippen molar-refractivity contribution in [1.29, 1.82) is 0 Å². The largest absolute Gasteiger partial charge is 0.322 e. The average molecular weight is 281 g/mol. The van der Waals surface area contributed by atoms with Crippen LogP contribution in [-0.2, 0) is 6.42 Å². The van der Waals surface area contributed by atoms with E-state index < -0.39 is 0 Å². The Balaban J connectivity index is 2.67. The lowest BCUT2D eigenvalue weighted by atomic mass is 10.1. The summed E-state index contributed by atoms with van der Waals surface area (Å²) in [6.45, 7) is 3.98. The van der Waals surface area contributed by atoms with Crippen LogP contribution in [0.3, 0.4) is 0 Å². The number of hydrogen-bond acceptors (Lipinski definition) is 2. The SMILES string of the molecule is CCc1cc2cnc(C(C)Br)cc2[nH]c1=O. The van der Waals surface area contributed by atoms with Crippen LogP contribution in [0, 0.1) is 0 Å². The van der Waals surface area contributed by atoms with Crippen LogP contribution in [0.1, 0.15) is 29.9 Å². The highest BCUT2D eigenvalue weighted by Crippen LogP contribution is 2.21. The molecule has 84 valence electrons. The zero-order valence-corrected chi connectivity index (χ0v) is 10.8. The van der Waals surface area contributed by atoms with Crippen molar-refractivity contribution in [2.75, 3.05) is 0 Å². The predicted molar refractivity (Wildman–Crippen MR) is 69.1 cm³/mol. The van der Waals surface area contributed by atoms with Crippen molar-refractivity contribution in [2.45, 2.75) is 25.1 Å². The molecular weight excluding hydrogens is 268 g/mol. The summed E-state index contributed by atoms with van der Waals surface area (Å²) in [7, 11) is 0. The molecule has 16 heavy (non-hydrogen) atoms. The van der Waals surface area contributed by atoms with Crippen LogP contribution in [0.4, 0.5) is 0 Å². The van der Waals surface area contributed by atoms with Crippen molar-refractivity contribution >= 4 is 26.8 Å². The lowest BCUT2D eigenvalue weighted by Crippen LogP contribution is -2.11. The Morgan fingerprint density at radius 3 is 2.88 bits per heavy atom. The maximum atomic E-state index is 11.7. The number of pyridine rings is 2. The normalized spacial score (nSPS) is 12.9. The third-order valence-electron chi connectivity index (χ3n) is 2.61. The minimum Gasteiger partial charge on any atom is -0.322 e. The van der Waals surface area contributed by atoms with Crippen molar-refractivity contribution in [1.82, 2.24) is 9.97 Å². The number of nitrogens with one attached hydrogen (secondary N) is 1. The van der Waals surface area contributed by atoms with E-state index in [1.807, 2.05) is 26.0 Å². The minimum atomic E-state index is -0.00521. The maximum Gasteiger partial charge on any atom is 0.251 e. The summed E-state index contributed by atoms with van der Waals surface area (Å²) in [4.78, 5) is 19.1. The highest BCUT2D eigenvalue weighted by molar-refractivity contribution is 9.09. The first-order chi connectivity index (χ1) is 7.61. The molecule has 0 amide bonds. The van der Waals surface area contributed by atoms with E-state index in [2.05, 4.69) is 25.9 Å². The van der Waals surface area contributed by atoms with Gasteiger partial charge in [0, 0.05) is 17.1 Å². The van der Waals surface area contributed by atoms with E-state index in [0.717, 1.165) is 28.6 Å². The van der Waals surface area contributed by atoms with Gasteiger partial charge >= 0.3 is 0 Å². The molecule has 0 spiro atoms. The number of rotatable bonds is 2. The molecule has 0 radical (unpaired) electrons. The molecule has 2 heterocycles. The van der Waals surface area contributed by atoms with Gasteiger partial charge in [-0.1, -0.05) is 22.9 Å². The Morgan fingerprint density at radius 1 is 1.50 bits per heavy atom. The summed E-state index contributed by atoms with van der Waals surface area (Å²) in [5, 5.41) is 0.980. The molecule has 0 aliphatic carbocycles. The molecule has 0 saturated heterocycles. The Morgan fingerprint density at radius 2 is 2.25 bits per heavy atom. The summed E-state index contributed by atoms with van der Waals surface area (Å²) >= 11 is 3.46. The Hall–Kier alpha value is -1.16. The number of alkyl halides is 1. The van der Waals surface area contributed by atoms with Gasteiger partial charge in [0.25, 0.3) is 5.56 Å². The van der Waals surface area contributed by atoms with Crippen LogP contribution in [0.15, 0.2) is 23.1 Å². The van der Waals surface area contributed by atoms with E-state index in [-0.39, 0.29) is 10.4 Å². The maximum absolute atomic E-state index is 11.7. The van der Waals surface area contributed by atoms with Gasteiger partial charge in [0.05, 0.1) is 16.0 Å². The number of nitrogens with zero attached hydrogens (tertiary/aromatic N) is 1. The molecule has 2 aromatic rings. The van der Waals surface area contributed by atoms with Crippen LogP contribution >= 0.6 is 15.9 Å². The van der Waals surface area contributed by atoms with Gasteiger partial charge in [-0.2, -0.15) is 0 Å². The quantitative estimate of drug-likeness (QED) is 0.860. The fraction of sp³-hybridized carbons (Fsp3) is 0.333. The monoisotopic (exact) mass is 280 g/mol. The number of aromatic amines is 1. The van der Waals surface area contributed by atoms with Gasteiger partial charge in [-0.05, 0) is 25.5 Å². The molecule has 0 fully saturated rings. The molecule has 0 saturated carbocycles. The van der Waals surface area contributed by atoms with Crippen LogP contribution in [0.25, 0.3) is 10.9 Å². The summed E-state index contributed by atoms with van der Waals surface area (Å²) in [5.41, 5.74) is 2.56. The molecule has 1 atom stereocenters. The molecule has 0 aliphatic rings. The van der Waals surface area contributed by atoms with Gasteiger partial charge in [-0.15, -0.1) is 0 Å². The molecule has 1 N–H and O–H groups in total. The van der Waals surface area contributed by atoms with Gasteiger partial charge in [0.2, 0.25) is 0 Å². The number of H-pyrrole nitrogens is 1. The zero-order valence-electron chi connectivity index (χ0n) is 9.25. The van der Waals surface area contributed by atoms with Gasteiger partial charge < -0.3 is 4.98 Å². The summed E-state index contributed by atoms with van der Waals surface area (Å²) in [6.07, 6.45) is 2.54. The lowest BCUT2D eigenvalue weighted by molar-refractivity contribution is 1.02. The Bertz CT molecular complexity index is 575. The van der Waals surface area contributed by atoms with Crippen LogP contribution in [0.2, 0.25) is 0 Å². The lowest BCUT2D eigenvalue weighted by Gasteiger charge is -2.05. The Labute approximate surface area is 102 Å². The van der Waals surface area contributed by atoms with E-state index in [0.29, 0.717) is 0 Å². The standard InChI is InChI=1S/C12H13BrN2O/c1-3-8-4-9-6-14-10(7(2)13)5-11(9)15-12(8)16/h4-7H,3H2,1-2H3,(H,15,16). The van der Waals surface area contributed by atoms with Gasteiger partial charge in [0.1, 0.15) is 0 Å². The molecule has 2 aromatic heterocycles. The van der Waals surface area contributed by atoms with E-state index in [9.17, 15) is 4.79 Å². The Kier molecular flexibility index (Phi) is 3.10. The first-order valence-electron chi connectivity index (χ1n) is 5.27. The topological polar surface area (TPSA) is 45.8 Å². The molecular formula is C12H13BrN2O. The number of halogens is 1. The summed E-state index contributed by atoms with van der Waals surface area (Å²) in [6, 6.07) is 3.82. The molecule has 4 heteroatoms. The number of hydrogen-bond donors (Lipinski definition) is 1. The fourth-order valence-electron chi connectivity index (χ4n) is 1.64. The van der Waals surface area contributed by atoms with Crippen LogP contribution < -0.4 is 5.56 Å². The van der Waals surface area contributed by atoms with Crippen molar-refractivity contribution in [3.63, 3.8) is 0 Å². The van der Waals surface area contributed by atoms with Gasteiger partial charge in [-0.25, -0.2) is 0 Å². The minimum absolute atomic E-state index is 0.00521. The van der Waals surface area contributed by atoms with Gasteiger partial charge in [-0.3, -0.25) is 9.78 Å². The number of aryl methyl sites for hydroxylation is 1. The predicted octanol–water partition coefficient (Wildman–Crippen LogP) is 2.94. The first-order valence-corrected chi connectivity index (χ1v) is 6.19. The highest BCUT2D eigenvalue weighted by atomic mass is 79.9. The van der Waals surface area contributed by atoms with Crippen molar-refractivity contribution < 1.29 is 0 Å². The molecule has 1 unspecified atom stereocenters. The highest BCUT2D eigenvalue weighted by Gasteiger charge is 2.06. The van der Waals surface area contributed by atoms with E-state index >= 15 is 0 Å². The second kappa shape index (κ2) is 4.37. The van der Waals surface area contributed by atoms with E-state index in [1.54, 1.807) is 6.20 Å². The molecule has 0 bridgehead atoms. The smallest absolute Gasteiger partial charge is 0.251 e. The van der Waals surface area contributed by atoms with Crippen LogP contribution in [0.5, 0.6) is 0 Å². The second-order valence-electron chi connectivity index (χ2n) is 3.79. The van der Waals surface area contributed by atoms with Crippen molar-refractivity contribution in [3.8, 4) is 0 Å². The fourth-order valence-corrected chi connectivity index (χ4v) is 1.89. The van der Waals surface area contributed by atoms with E-state index in [4.69, 9.17) is 0 Å². The molecule has 3 nitrogen and oxygen atoms in total. The van der Waals surface area contributed by atoms with E-state index in [1.165, 1.54) is 0 Å². The number of fused-ring (bicyclic) bond motifs is 1. The van der Waals surface area contributed by atoms with Gasteiger partial charge in [0.15, 0.2) is 0 Å². The first kappa shape index (κ1) is 11.3. The molecule has 0 aromatic carbocycles. The molecule has 0 aliphatic heterocycles. The second-order valence-corrected chi connectivity index (χ2v) is 5.16. The van der Waals surface area contributed by atoms with Crippen molar-refractivity contribution in [3.05, 3.63) is 39.9 Å². The summed E-state index contributed by atoms with van der Waals surface area (Å²) in [5.74, 6) is 0. The average Bonchev–Trinajstić information content (AvgIpc) is 2.27. The third-order valence-corrected chi connectivity index (χ3v) is 3.08. The van der Waals surface area contributed by atoms with Crippen molar-refractivity contribution in [2.24, 2.45) is 0 Å². The third kappa shape index (κ3) is 2.02. The summed E-state index contributed by atoms with van der Waals surface area (Å²) < 4.78 is 0.